The minimum Gasteiger partial charge on any atom is -0.271 e. The Morgan fingerprint density at radius 3 is 3.15 bits per heavy atom. The Morgan fingerprint density at radius 1 is 1.77 bits per heavy atom. The molecule has 72 valence electrons. The fraction of sp³-hybridized carbons (Fsp3) is 0.500. The van der Waals surface area contributed by atoms with Crippen LogP contribution in [0, 0.1) is 0 Å². The van der Waals surface area contributed by atoms with Gasteiger partial charge in [0.2, 0.25) is 0 Å². The molecule has 5 nitrogen and oxygen atoms in total. The molecule has 0 bridgehead atoms. The molecule has 1 unspecified atom stereocenters. The minimum absolute atomic E-state index is 0.0578. The summed E-state index contributed by atoms with van der Waals surface area (Å²) in [6, 6.07) is 0.0578. The van der Waals surface area contributed by atoms with Crippen LogP contribution in [0.4, 0.5) is 0 Å². The van der Waals surface area contributed by atoms with Crippen molar-refractivity contribution in [1.82, 2.24) is 20.6 Å². The molecule has 0 aliphatic carbocycles. The molecule has 0 spiro atoms. The number of hydrogen-bond acceptors (Lipinski definition) is 4. The summed E-state index contributed by atoms with van der Waals surface area (Å²) in [6.45, 7) is 3.66. The number of aromatic nitrogens is 3. The van der Waals surface area contributed by atoms with Gasteiger partial charge in [0.15, 0.2) is 0 Å². The second kappa shape index (κ2) is 5.45. The second-order valence-electron chi connectivity index (χ2n) is 2.81. The molecule has 0 saturated heterocycles. The molecule has 0 radical (unpaired) electrons. The van der Waals surface area contributed by atoms with E-state index in [2.05, 4.69) is 27.2 Å². The Bertz CT molecular complexity index is 231. The van der Waals surface area contributed by atoms with Gasteiger partial charge >= 0.3 is 0 Å². The molecule has 0 aliphatic heterocycles. The van der Waals surface area contributed by atoms with Crippen LogP contribution in [-0.2, 0) is 0 Å². The van der Waals surface area contributed by atoms with Crippen molar-refractivity contribution in [2.45, 2.75) is 25.3 Å². The lowest BCUT2D eigenvalue weighted by Crippen LogP contribution is -2.28. The molecule has 5 heteroatoms. The lowest BCUT2D eigenvalue weighted by atomic mass is 10.1. The van der Waals surface area contributed by atoms with Crippen LogP contribution in [0.2, 0.25) is 0 Å². The maximum absolute atomic E-state index is 5.38. The monoisotopic (exact) mass is 181 g/mol. The summed E-state index contributed by atoms with van der Waals surface area (Å²) >= 11 is 0. The lowest BCUT2D eigenvalue weighted by molar-refractivity contribution is 0.479. The maximum atomic E-state index is 5.38. The normalized spacial score (nSPS) is 12.7. The number of H-pyrrole nitrogens is 1. The van der Waals surface area contributed by atoms with Crippen molar-refractivity contribution in [3.05, 3.63) is 24.8 Å². The Labute approximate surface area is 77.4 Å². The van der Waals surface area contributed by atoms with Crippen LogP contribution in [0.1, 0.15) is 31.1 Å². The van der Waals surface area contributed by atoms with Gasteiger partial charge < -0.3 is 0 Å². The molecule has 0 amide bonds. The number of hydrogen-bond donors (Lipinski definition) is 3. The van der Waals surface area contributed by atoms with Gasteiger partial charge in [-0.1, -0.05) is 6.08 Å². The van der Waals surface area contributed by atoms with E-state index >= 15 is 0 Å². The summed E-state index contributed by atoms with van der Waals surface area (Å²) in [7, 11) is 0. The zero-order valence-electron chi connectivity index (χ0n) is 7.53. The summed E-state index contributed by atoms with van der Waals surface area (Å²) in [5.41, 5.74) is 2.70. The van der Waals surface area contributed by atoms with Crippen LogP contribution >= 0.6 is 0 Å². The van der Waals surface area contributed by atoms with Gasteiger partial charge in [-0.15, -0.1) is 6.58 Å². The summed E-state index contributed by atoms with van der Waals surface area (Å²) < 4.78 is 0. The van der Waals surface area contributed by atoms with Crippen LogP contribution in [-0.4, -0.2) is 15.2 Å². The zero-order chi connectivity index (χ0) is 9.52. The average molecular weight is 181 g/mol. The van der Waals surface area contributed by atoms with Gasteiger partial charge in [0.05, 0.1) is 6.04 Å². The summed E-state index contributed by atoms with van der Waals surface area (Å²) in [5.74, 6) is 6.17. The molecular weight excluding hydrogens is 166 g/mol. The van der Waals surface area contributed by atoms with Gasteiger partial charge in [-0.05, 0) is 19.3 Å². The molecule has 1 heterocycles. The highest BCUT2D eigenvalue weighted by molar-refractivity contribution is 4.90. The molecule has 1 aromatic heterocycles. The topological polar surface area (TPSA) is 79.6 Å². The van der Waals surface area contributed by atoms with Crippen molar-refractivity contribution in [1.29, 1.82) is 0 Å². The molecule has 4 N–H and O–H groups in total. The van der Waals surface area contributed by atoms with E-state index in [1.54, 1.807) is 0 Å². The van der Waals surface area contributed by atoms with E-state index in [9.17, 15) is 0 Å². The molecule has 1 aromatic rings. The van der Waals surface area contributed by atoms with E-state index in [0.717, 1.165) is 25.1 Å². The highest BCUT2D eigenvalue weighted by atomic mass is 15.3. The van der Waals surface area contributed by atoms with Crippen LogP contribution in [0.3, 0.4) is 0 Å². The third-order valence-electron chi connectivity index (χ3n) is 1.87. The Balaban J connectivity index is 2.39. The molecule has 13 heavy (non-hydrogen) atoms. The van der Waals surface area contributed by atoms with E-state index in [-0.39, 0.29) is 6.04 Å². The van der Waals surface area contributed by atoms with Crippen molar-refractivity contribution in [2.24, 2.45) is 5.84 Å². The van der Waals surface area contributed by atoms with Crippen LogP contribution in [0.5, 0.6) is 0 Å². The number of nitrogens with zero attached hydrogens (tertiary/aromatic N) is 2. The lowest BCUT2D eigenvalue weighted by Gasteiger charge is -2.11. The zero-order valence-corrected chi connectivity index (χ0v) is 7.53. The van der Waals surface area contributed by atoms with Gasteiger partial charge in [0.25, 0.3) is 0 Å². The number of rotatable bonds is 6. The fourth-order valence-corrected chi connectivity index (χ4v) is 1.15. The number of nitrogens with two attached hydrogens (primary N) is 1. The predicted molar refractivity (Wildman–Crippen MR) is 50.5 cm³/mol. The molecule has 1 rings (SSSR count). The number of allylic oxidation sites excluding steroid dienone is 1. The summed E-state index contributed by atoms with van der Waals surface area (Å²) in [4.78, 5) is 4.03. The number of hydrazine groups is 1. The van der Waals surface area contributed by atoms with Crippen molar-refractivity contribution < 1.29 is 0 Å². The van der Waals surface area contributed by atoms with Gasteiger partial charge in [0.1, 0.15) is 12.2 Å². The first-order chi connectivity index (χ1) is 6.38. The first kappa shape index (κ1) is 9.88. The number of aromatic amines is 1. The SMILES string of the molecule is C=CCCCC(NN)c1ncn[nH]1. The Morgan fingerprint density at radius 2 is 2.62 bits per heavy atom. The van der Waals surface area contributed by atoms with E-state index in [0.29, 0.717) is 0 Å². The van der Waals surface area contributed by atoms with E-state index < -0.39 is 0 Å². The van der Waals surface area contributed by atoms with Crippen molar-refractivity contribution >= 4 is 0 Å². The Hall–Kier alpha value is -1.20. The highest BCUT2D eigenvalue weighted by Crippen LogP contribution is 2.13. The predicted octanol–water partition coefficient (Wildman–Crippen LogP) is 0.665. The van der Waals surface area contributed by atoms with Crippen LogP contribution in [0.15, 0.2) is 19.0 Å². The number of unbranched alkanes of at least 4 members (excludes halogenated alkanes) is 1. The third-order valence-corrected chi connectivity index (χ3v) is 1.87. The summed E-state index contributed by atoms with van der Waals surface area (Å²) in [5, 5.41) is 6.55. The van der Waals surface area contributed by atoms with E-state index in [1.807, 2.05) is 6.08 Å². The quantitative estimate of drug-likeness (QED) is 0.261. The molecule has 0 aliphatic rings. The standard InChI is InChI=1S/C8H15N5/c1-2-3-4-5-7(12-9)8-10-6-11-13-8/h2,6-7,12H,1,3-5,9H2,(H,10,11,13). The van der Waals surface area contributed by atoms with Crippen LogP contribution < -0.4 is 11.3 Å². The van der Waals surface area contributed by atoms with E-state index in [4.69, 9.17) is 5.84 Å². The third kappa shape index (κ3) is 2.96. The molecular formula is C8H15N5. The fourth-order valence-electron chi connectivity index (χ4n) is 1.15. The first-order valence-electron chi connectivity index (χ1n) is 4.30. The minimum atomic E-state index is 0.0578. The highest BCUT2D eigenvalue weighted by Gasteiger charge is 2.10. The molecule has 0 fully saturated rings. The van der Waals surface area contributed by atoms with Gasteiger partial charge in [-0.25, -0.2) is 10.4 Å². The second-order valence-corrected chi connectivity index (χ2v) is 2.81. The number of nitrogens with one attached hydrogen (secondary N) is 2. The molecule has 0 aromatic carbocycles. The maximum Gasteiger partial charge on any atom is 0.142 e. The van der Waals surface area contributed by atoms with Crippen molar-refractivity contribution in [2.75, 3.05) is 0 Å². The smallest absolute Gasteiger partial charge is 0.142 e. The van der Waals surface area contributed by atoms with Gasteiger partial charge in [-0.2, -0.15) is 5.10 Å². The first-order valence-corrected chi connectivity index (χ1v) is 4.30. The molecule has 0 saturated carbocycles. The summed E-state index contributed by atoms with van der Waals surface area (Å²) in [6.07, 6.45) is 6.34. The van der Waals surface area contributed by atoms with Gasteiger partial charge in [0, 0.05) is 0 Å². The largest absolute Gasteiger partial charge is 0.271 e. The van der Waals surface area contributed by atoms with Crippen molar-refractivity contribution in [3.8, 4) is 0 Å². The Kier molecular flexibility index (Phi) is 4.14. The van der Waals surface area contributed by atoms with Crippen LogP contribution in [0.25, 0.3) is 0 Å². The van der Waals surface area contributed by atoms with Gasteiger partial charge in [-0.3, -0.25) is 10.9 Å². The van der Waals surface area contributed by atoms with Crippen molar-refractivity contribution in [3.63, 3.8) is 0 Å². The average Bonchev–Trinajstić information content (AvgIpc) is 2.65. The molecule has 1 atom stereocenters. The van der Waals surface area contributed by atoms with E-state index in [1.165, 1.54) is 6.33 Å².